The molecule has 1 aromatic carbocycles. The second-order valence-electron chi connectivity index (χ2n) is 2.56. The standard InChI is InChI=1S/C9H12O4S/c1-2-12-8-14(10,11)13-9-6-4-3-5-7-9/h3-7H,2,8H2,1H3. The first-order chi connectivity index (χ1) is 6.64. The van der Waals surface area contributed by atoms with Gasteiger partial charge in [0.2, 0.25) is 0 Å². The van der Waals surface area contributed by atoms with E-state index in [-0.39, 0.29) is 0 Å². The largest absolute Gasteiger partial charge is 0.381 e. The van der Waals surface area contributed by atoms with Gasteiger partial charge in [-0.05, 0) is 19.1 Å². The molecule has 0 aliphatic rings. The van der Waals surface area contributed by atoms with Crippen molar-refractivity contribution >= 4 is 10.1 Å². The van der Waals surface area contributed by atoms with Gasteiger partial charge in [0.25, 0.3) is 0 Å². The van der Waals surface area contributed by atoms with Crippen LogP contribution >= 0.6 is 0 Å². The van der Waals surface area contributed by atoms with Crippen molar-refractivity contribution in [3.63, 3.8) is 0 Å². The van der Waals surface area contributed by atoms with Crippen molar-refractivity contribution in [1.29, 1.82) is 0 Å². The molecule has 14 heavy (non-hydrogen) atoms. The van der Waals surface area contributed by atoms with Crippen LogP contribution in [-0.2, 0) is 14.9 Å². The molecule has 0 aromatic heterocycles. The van der Waals surface area contributed by atoms with E-state index in [4.69, 9.17) is 8.92 Å². The summed E-state index contributed by atoms with van der Waals surface area (Å²) in [6, 6.07) is 8.33. The molecular weight excluding hydrogens is 204 g/mol. The molecule has 0 saturated carbocycles. The van der Waals surface area contributed by atoms with Gasteiger partial charge in [-0.25, -0.2) is 0 Å². The molecule has 0 amide bonds. The molecular formula is C9H12O4S. The fraction of sp³-hybridized carbons (Fsp3) is 0.333. The first-order valence-electron chi connectivity index (χ1n) is 4.19. The molecule has 0 aliphatic heterocycles. The summed E-state index contributed by atoms with van der Waals surface area (Å²) in [5.41, 5.74) is 0. The van der Waals surface area contributed by atoms with Gasteiger partial charge in [-0.2, -0.15) is 8.42 Å². The Morgan fingerprint density at radius 1 is 1.21 bits per heavy atom. The Morgan fingerprint density at radius 3 is 2.43 bits per heavy atom. The molecule has 4 nitrogen and oxygen atoms in total. The normalized spacial score (nSPS) is 11.2. The molecule has 0 N–H and O–H groups in total. The van der Waals surface area contributed by atoms with E-state index in [1.807, 2.05) is 0 Å². The Hall–Kier alpha value is -1.07. The molecule has 1 rings (SSSR count). The van der Waals surface area contributed by atoms with Crippen LogP contribution in [0.4, 0.5) is 0 Å². The monoisotopic (exact) mass is 216 g/mol. The molecule has 0 bridgehead atoms. The minimum absolute atomic E-state index is 0.298. The van der Waals surface area contributed by atoms with E-state index in [0.29, 0.717) is 12.4 Å². The van der Waals surface area contributed by atoms with Crippen LogP contribution in [-0.4, -0.2) is 21.0 Å². The van der Waals surface area contributed by atoms with Gasteiger partial charge < -0.3 is 8.92 Å². The third-order valence-electron chi connectivity index (χ3n) is 1.40. The second-order valence-corrected chi connectivity index (χ2v) is 4.08. The first-order valence-corrected chi connectivity index (χ1v) is 5.77. The summed E-state index contributed by atoms with van der Waals surface area (Å²) in [6.07, 6.45) is 0. The highest BCUT2D eigenvalue weighted by Crippen LogP contribution is 2.11. The van der Waals surface area contributed by atoms with Crippen molar-refractivity contribution in [1.82, 2.24) is 0 Å². The molecule has 0 aliphatic carbocycles. The van der Waals surface area contributed by atoms with E-state index >= 15 is 0 Å². The topological polar surface area (TPSA) is 52.6 Å². The van der Waals surface area contributed by atoms with Crippen LogP contribution in [0, 0.1) is 0 Å². The van der Waals surface area contributed by atoms with E-state index < -0.39 is 16.1 Å². The minimum atomic E-state index is -3.62. The van der Waals surface area contributed by atoms with Crippen LogP contribution in [0.2, 0.25) is 0 Å². The third kappa shape index (κ3) is 3.76. The number of para-hydroxylation sites is 1. The van der Waals surface area contributed by atoms with E-state index in [0.717, 1.165) is 0 Å². The maximum Gasteiger partial charge on any atom is 0.333 e. The Morgan fingerprint density at radius 2 is 1.86 bits per heavy atom. The Kier molecular flexibility index (Phi) is 3.91. The predicted octanol–water partition coefficient (Wildman–Crippen LogP) is 1.39. The Bertz CT molecular complexity index is 358. The number of rotatable bonds is 5. The molecule has 1 aromatic rings. The Balaban J connectivity index is 2.60. The van der Waals surface area contributed by atoms with Crippen molar-refractivity contribution < 1.29 is 17.3 Å². The smallest absolute Gasteiger partial charge is 0.333 e. The van der Waals surface area contributed by atoms with Gasteiger partial charge in [0.05, 0.1) is 0 Å². The van der Waals surface area contributed by atoms with Gasteiger partial charge in [-0.1, -0.05) is 18.2 Å². The predicted molar refractivity (Wildman–Crippen MR) is 52.5 cm³/mol. The lowest BCUT2D eigenvalue weighted by atomic mass is 10.3. The van der Waals surface area contributed by atoms with Crippen LogP contribution in [0.25, 0.3) is 0 Å². The van der Waals surface area contributed by atoms with E-state index in [1.165, 1.54) is 0 Å². The van der Waals surface area contributed by atoms with E-state index in [2.05, 4.69) is 0 Å². The molecule has 0 atom stereocenters. The average Bonchev–Trinajstić information content (AvgIpc) is 2.16. The molecule has 0 fully saturated rings. The van der Waals surface area contributed by atoms with Crippen LogP contribution < -0.4 is 4.18 Å². The Labute approximate surface area is 83.6 Å². The van der Waals surface area contributed by atoms with Crippen molar-refractivity contribution in [2.24, 2.45) is 0 Å². The van der Waals surface area contributed by atoms with E-state index in [1.54, 1.807) is 37.3 Å². The van der Waals surface area contributed by atoms with Crippen molar-refractivity contribution in [3.05, 3.63) is 30.3 Å². The number of benzene rings is 1. The molecule has 0 radical (unpaired) electrons. The molecule has 5 heteroatoms. The van der Waals surface area contributed by atoms with Crippen LogP contribution in [0.1, 0.15) is 6.92 Å². The van der Waals surface area contributed by atoms with E-state index in [9.17, 15) is 8.42 Å². The summed E-state index contributed by atoms with van der Waals surface area (Å²) in [4.78, 5) is 0. The first kappa shape index (κ1) is 11.0. The average molecular weight is 216 g/mol. The fourth-order valence-electron chi connectivity index (χ4n) is 0.832. The quantitative estimate of drug-likeness (QED) is 0.698. The zero-order valence-electron chi connectivity index (χ0n) is 7.84. The van der Waals surface area contributed by atoms with Gasteiger partial charge in [0, 0.05) is 6.61 Å². The SMILES string of the molecule is CCOCS(=O)(=O)Oc1ccccc1. The molecule has 0 heterocycles. The van der Waals surface area contributed by atoms with Crippen molar-refractivity contribution in [3.8, 4) is 5.75 Å². The molecule has 0 spiro atoms. The van der Waals surface area contributed by atoms with Gasteiger partial charge >= 0.3 is 10.1 Å². The van der Waals surface area contributed by atoms with Gasteiger partial charge in [-0.15, -0.1) is 0 Å². The third-order valence-corrected chi connectivity index (χ3v) is 2.30. The lowest BCUT2D eigenvalue weighted by Gasteiger charge is -2.05. The minimum Gasteiger partial charge on any atom is -0.381 e. The van der Waals surface area contributed by atoms with Crippen molar-refractivity contribution in [2.75, 3.05) is 12.5 Å². The zero-order chi connectivity index (χ0) is 10.4. The zero-order valence-corrected chi connectivity index (χ0v) is 8.66. The highest BCUT2D eigenvalue weighted by Gasteiger charge is 2.11. The second kappa shape index (κ2) is 4.97. The molecule has 0 saturated heterocycles. The fourth-order valence-corrected chi connectivity index (χ4v) is 1.66. The van der Waals surface area contributed by atoms with Crippen LogP contribution in [0.5, 0.6) is 5.75 Å². The maximum atomic E-state index is 11.2. The molecule has 0 unspecified atom stereocenters. The van der Waals surface area contributed by atoms with Crippen LogP contribution in [0.15, 0.2) is 30.3 Å². The lowest BCUT2D eigenvalue weighted by Crippen LogP contribution is -2.15. The van der Waals surface area contributed by atoms with Gasteiger partial charge in [-0.3, -0.25) is 0 Å². The van der Waals surface area contributed by atoms with Gasteiger partial charge in [0.15, 0.2) is 5.94 Å². The lowest BCUT2D eigenvalue weighted by molar-refractivity contribution is 0.186. The molecule has 78 valence electrons. The number of ether oxygens (including phenoxy) is 1. The highest BCUT2D eigenvalue weighted by atomic mass is 32.2. The number of hydrogen-bond donors (Lipinski definition) is 0. The highest BCUT2D eigenvalue weighted by molar-refractivity contribution is 7.86. The number of hydrogen-bond acceptors (Lipinski definition) is 4. The van der Waals surface area contributed by atoms with Gasteiger partial charge in [0.1, 0.15) is 5.75 Å². The summed E-state index contributed by atoms with van der Waals surface area (Å²) >= 11 is 0. The summed E-state index contributed by atoms with van der Waals surface area (Å²) in [7, 11) is -3.62. The summed E-state index contributed by atoms with van der Waals surface area (Å²) in [5.74, 6) is -0.120. The summed E-state index contributed by atoms with van der Waals surface area (Å²) in [5, 5.41) is 0. The maximum absolute atomic E-state index is 11.2. The summed E-state index contributed by atoms with van der Waals surface area (Å²) in [6.45, 7) is 2.06. The summed E-state index contributed by atoms with van der Waals surface area (Å²) < 4.78 is 31.9. The van der Waals surface area contributed by atoms with Crippen molar-refractivity contribution in [2.45, 2.75) is 6.92 Å². The van der Waals surface area contributed by atoms with Crippen LogP contribution in [0.3, 0.4) is 0 Å².